The average molecular weight is 359 g/mol. The third kappa shape index (κ3) is 5.14. The normalized spacial score (nSPS) is 11.8. The Bertz CT molecular complexity index is 766. The average Bonchev–Trinajstić information content (AvgIpc) is 3.19. The number of carbonyl (C=O) groups is 2. The highest BCUT2D eigenvalue weighted by Gasteiger charge is 2.13. The van der Waals surface area contributed by atoms with Crippen LogP contribution in [0.5, 0.6) is 11.5 Å². The first-order chi connectivity index (χ1) is 12.5. The molecule has 1 aromatic carbocycles. The largest absolute Gasteiger partial charge is 0.493 e. The van der Waals surface area contributed by atoms with Gasteiger partial charge in [0, 0.05) is 11.6 Å². The number of hydrogen-bond donors (Lipinski definition) is 1. The van der Waals surface area contributed by atoms with Gasteiger partial charge in [0.2, 0.25) is 0 Å². The van der Waals surface area contributed by atoms with Crippen molar-refractivity contribution in [3.05, 3.63) is 54.0 Å². The van der Waals surface area contributed by atoms with Crippen molar-refractivity contribution in [2.75, 3.05) is 20.8 Å². The highest BCUT2D eigenvalue weighted by molar-refractivity contribution is 5.90. The summed E-state index contributed by atoms with van der Waals surface area (Å²) in [5.41, 5.74) is 0.652. The maximum atomic E-state index is 11.8. The molecule has 0 fully saturated rings. The predicted molar refractivity (Wildman–Crippen MR) is 94.8 cm³/mol. The standard InChI is InChI=1S/C19H21NO6/c1-13(15-8-5-11-25-15)20-17(21)12-26-18(22)10-9-14-6-4-7-16(23-2)19(14)24-3/h4-11,13H,12H2,1-3H3,(H,20,21)/b10-9+/t13-/m0/s1. The minimum absolute atomic E-state index is 0.312. The lowest BCUT2D eigenvalue weighted by molar-refractivity contribution is -0.144. The van der Waals surface area contributed by atoms with Gasteiger partial charge < -0.3 is 23.9 Å². The molecule has 7 heteroatoms. The Hall–Kier alpha value is -3.22. The molecule has 26 heavy (non-hydrogen) atoms. The smallest absolute Gasteiger partial charge is 0.331 e. The Morgan fingerprint density at radius 3 is 2.65 bits per heavy atom. The van der Waals surface area contributed by atoms with Crippen molar-refractivity contribution in [2.45, 2.75) is 13.0 Å². The maximum absolute atomic E-state index is 11.8. The van der Waals surface area contributed by atoms with E-state index < -0.39 is 11.9 Å². The van der Waals surface area contributed by atoms with Crippen LogP contribution in [-0.2, 0) is 14.3 Å². The molecular weight excluding hydrogens is 338 g/mol. The second-order valence-corrected chi connectivity index (χ2v) is 5.33. The molecule has 0 saturated heterocycles. The number of amides is 1. The molecule has 1 aromatic heterocycles. The zero-order valence-corrected chi connectivity index (χ0v) is 14.9. The lowest BCUT2D eigenvalue weighted by Crippen LogP contribution is -2.30. The van der Waals surface area contributed by atoms with Gasteiger partial charge in [0.25, 0.3) is 5.91 Å². The summed E-state index contributed by atoms with van der Waals surface area (Å²) in [6.07, 6.45) is 4.28. The fourth-order valence-electron chi connectivity index (χ4n) is 2.28. The van der Waals surface area contributed by atoms with Crippen molar-refractivity contribution >= 4 is 18.0 Å². The molecule has 0 aliphatic rings. The zero-order valence-electron chi connectivity index (χ0n) is 14.9. The molecule has 0 spiro atoms. The van der Waals surface area contributed by atoms with Gasteiger partial charge in [-0.05, 0) is 31.2 Å². The fraction of sp³-hybridized carbons (Fsp3) is 0.263. The van der Waals surface area contributed by atoms with E-state index in [1.807, 2.05) is 0 Å². The minimum Gasteiger partial charge on any atom is -0.493 e. The quantitative estimate of drug-likeness (QED) is 0.576. The van der Waals surface area contributed by atoms with Gasteiger partial charge in [-0.15, -0.1) is 0 Å². The summed E-state index contributed by atoms with van der Waals surface area (Å²) < 4.78 is 20.6. The first-order valence-corrected chi connectivity index (χ1v) is 7.93. The van der Waals surface area contributed by atoms with Gasteiger partial charge in [-0.1, -0.05) is 12.1 Å². The molecule has 1 heterocycles. The number of nitrogens with one attached hydrogen (secondary N) is 1. The first kappa shape index (κ1) is 19.1. The summed E-state index contributed by atoms with van der Waals surface area (Å²) >= 11 is 0. The van der Waals surface area contributed by atoms with E-state index in [0.717, 1.165) is 0 Å². The monoisotopic (exact) mass is 359 g/mol. The van der Waals surface area contributed by atoms with Gasteiger partial charge >= 0.3 is 5.97 Å². The van der Waals surface area contributed by atoms with Crippen molar-refractivity contribution < 1.29 is 28.2 Å². The molecule has 1 atom stereocenters. The van der Waals surface area contributed by atoms with E-state index in [-0.39, 0.29) is 12.6 Å². The summed E-state index contributed by atoms with van der Waals surface area (Å²) in [4.78, 5) is 23.6. The number of furan rings is 1. The van der Waals surface area contributed by atoms with Crippen LogP contribution in [-0.4, -0.2) is 32.7 Å². The highest BCUT2D eigenvalue weighted by atomic mass is 16.5. The minimum atomic E-state index is -0.643. The molecule has 0 radical (unpaired) electrons. The lowest BCUT2D eigenvalue weighted by Gasteiger charge is -2.11. The predicted octanol–water partition coefficient (Wildman–Crippen LogP) is 2.73. The number of carbonyl (C=O) groups excluding carboxylic acids is 2. The molecule has 1 N–H and O–H groups in total. The van der Waals surface area contributed by atoms with E-state index in [9.17, 15) is 9.59 Å². The third-order valence-corrected chi connectivity index (χ3v) is 3.53. The number of rotatable bonds is 8. The molecule has 138 valence electrons. The van der Waals surface area contributed by atoms with Crippen molar-refractivity contribution in [3.8, 4) is 11.5 Å². The van der Waals surface area contributed by atoms with E-state index in [2.05, 4.69) is 5.32 Å². The molecule has 0 saturated carbocycles. The molecule has 1 amide bonds. The Balaban J connectivity index is 1.87. The molecule has 2 rings (SSSR count). The molecule has 2 aromatic rings. The molecule has 0 unspecified atom stereocenters. The number of hydrogen-bond acceptors (Lipinski definition) is 6. The van der Waals surface area contributed by atoms with Crippen LogP contribution < -0.4 is 14.8 Å². The third-order valence-electron chi connectivity index (χ3n) is 3.53. The maximum Gasteiger partial charge on any atom is 0.331 e. The molecular formula is C19H21NO6. The van der Waals surface area contributed by atoms with Crippen LogP contribution in [0.15, 0.2) is 47.1 Å². The number of esters is 1. The summed E-state index contributed by atoms with van der Waals surface area (Å²) in [5, 5.41) is 2.67. The number of benzene rings is 1. The van der Waals surface area contributed by atoms with Gasteiger partial charge in [0.15, 0.2) is 18.1 Å². The van der Waals surface area contributed by atoms with E-state index in [4.69, 9.17) is 18.6 Å². The van der Waals surface area contributed by atoms with Crippen LogP contribution in [0.2, 0.25) is 0 Å². The van der Waals surface area contributed by atoms with Crippen LogP contribution in [0.25, 0.3) is 6.08 Å². The molecule has 0 aliphatic heterocycles. The second-order valence-electron chi connectivity index (χ2n) is 5.33. The molecule has 7 nitrogen and oxygen atoms in total. The number of methoxy groups -OCH3 is 2. The highest BCUT2D eigenvalue weighted by Crippen LogP contribution is 2.31. The van der Waals surface area contributed by atoms with Crippen molar-refractivity contribution in [3.63, 3.8) is 0 Å². The Kier molecular flexibility index (Phi) is 6.84. The SMILES string of the molecule is COc1cccc(/C=C/C(=O)OCC(=O)N[C@@H](C)c2ccco2)c1OC. The second kappa shape index (κ2) is 9.31. The number of para-hydroxylation sites is 1. The fourth-order valence-corrected chi connectivity index (χ4v) is 2.28. The molecule has 0 aliphatic carbocycles. The zero-order chi connectivity index (χ0) is 18.9. The van der Waals surface area contributed by atoms with Gasteiger partial charge in [-0.25, -0.2) is 4.79 Å². The van der Waals surface area contributed by atoms with Crippen LogP contribution in [0, 0.1) is 0 Å². The Labute approximate surface area is 151 Å². The van der Waals surface area contributed by atoms with Gasteiger partial charge in [-0.3, -0.25) is 4.79 Å². The van der Waals surface area contributed by atoms with E-state index in [0.29, 0.717) is 22.8 Å². The van der Waals surface area contributed by atoms with Crippen LogP contribution >= 0.6 is 0 Å². The summed E-state index contributed by atoms with van der Waals surface area (Å²) in [6.45, 7) is 1.39. The van der Waals surface area contributed by atoms with Crippen molar-refractivity contribution in [1.82, 2.24) is 5.32 Å². The van der Waals surface area contributed by atoms with Crippen molar-refractivity contribution in [1.29, 1.82) is 0 Å². The number of ether oxygens (including phenoxy) is 3. The Morgan fingerprint density at radius 2 is 2.00 bits per heavy atom. The first-order valence-electron chi connectivity index (χ1n) is 7.93. The molecule has 0 bridgehead atoms. The summed E-state index contributed by atoms with van der Waals surface area (Å²) in [5.74, 6) is 0.610. The van der Waals surface area contributed by atoms with E-state index in [1.165, 1.54) is 32.6 Å². The lowest BCUT2D eigenvalue weighted by atomic mass is 10.1. The van der Waals surface area contributed by atoms with Gasteiger partial charge in [0.05, 0.1) is 26.5 Å². The van der Waals surface area contributed by atoms with Gasteiger partial charge in [-0.2, -0.15) is 0 Å². The van der Waals surface area contributed by atoms with Crippen molar-refractivity contribution in [2.24, 2.45) is 0 Å². The topological polar surface area (TPSA) is 87.0 Å². The van der Waals surface area contributed by atoms with Gasteiger partial charge in [0.1, 0.15) is 5.76 Å². The van der Waals surface area contributed by atoms with Crippen LogP contribution in [0.1, 0.15) is 24.3 Å². The van der Waals surface area contributed by atoms with Crippen LogP contribution in [0.3, 0.4) is 0 Å². The van der Waals surface area contributed by atoms with E-state index in [1.54, 1.807) is 37.3 Å². The summed E-state index contributed by atoms with van der Waals surface area (Å²) in [7, 11) is 3.04. The van der Waals surface area contributed by atoms with Crippen LogP contribution in [0.4, 0.5) is 0 Å². The van der Waals surface area contributed by atoms with E-state index >= 15 is 0 Å². The summed E-state index contributed by atoms with van der Waals surface area (Å²) in [6, 6.07) is 8.46. The Morgan fingerprint density at radius 1 is 1.19 bits per heavy atom.